The third-order valence-corrected chi connectivity index (χ3v) is 13.2. The fourth-order valence-electron chi connectivity index (χ4n) is 10.7. The molecule has 0 N–H and O–H groups in total. The van der Waals surface area contributed by atoms with Crippen LogP contribution in [0.2, 0.25) is 0 Å². The molecule has 0 amide bonds. The molecule has 12 rings (SSSR count). The minimum absolute atomic E-state index is 0.160. The van der Waals surface area contributed by atoms with Crippen LogP contribution in [-0.2, 0) is 5.41 Å². The summed E-state index contributed by atoms with van der Waals surface area (Å²) in [5.74, 6) is 0. The first-order valence-corrected chi connectivity index (χ1v) is 20.8. The van der Waals surface area contributed by atoms with Gasteiger partial charge in [0.2, 0.25) is 0 Å². The Morgan fingerprint density at radius 3 is 1.41 bits per heavy atom. The second kappa shape index (κ2) is 12.9. The van der Waals surface area contributed by atoms with Crippen LogP contribution in [0, 0.1) is 0 Å². The van der Waals surface area contributed by atoms with Crippen LogP contribution < -0.4 is 0 Å². The second-order valence-electron chi connectivity index (χ2n) is 16.7. The van der Waals surface area contributed by atoms with Crippen molar-refractivity contribution in [2.75, 3.05) is 0 Å². The van der Waals surface area contributed by atoms with E-state index < -0.39 is 0 Å². The highest BCUT2D eigenvalue weighted by molar-refractivity contribution is 6.23. The first-order chi connectivity index (χ1) is 29.1. The van der Waals surface area contributed by atoms with Gasteiger partial charge in [0, 0.05) is 5.41 Å². The first-order valence-electron chi connectivity index (χ1n) is 20.8. The summed E-state index contributed by atoms with van der Waals surface area (Å²) in [6.45, 7) is 4.83. The van der Waals surface area contributed by atoms with Gasteiger partial charge in [0.1, 0.15) is 0 Å². The predicted octanol–water partition coefficient (Wildman–Crippen LogP) is 16.4. The summed E-state index contributed by atoms with van der Waals surface area (Å²) in [6, 6.07) is 76.8. The van der Waals surface area contributed by atoms with Crippen molar-refractivity contribution in [3.05, 3.63) is 217 Å². The van der Waals surface area contributed by atoms with Crippen LogP contribution in [0.4, 0.5) is 0 Å². The van der Waals surface area contributed by atoms with Crippen molar-refractivity contribution in [1.82, 2.24) is 0 Å². The molecule has 0 aromatic heterocycles. The van der Waals surface area contributed by atoms with E-state index in [1.807, 2.05) is 0 Å². The Labute approximate surface area is 344 Å². The van der Waals surface area contributed by atoms with Crippen molar-refractivity contribution in [1.29, 1.82) is 0 Å². The van der Waals surface area contributed by atoms with Crippen LogP contribution in [0.1, 0.15) is 25.0 Å². The lowest BCUT2D eigenvalue weighted by molar-refractivity contribution is 0.666. The molecule has 0 fully saturated rings. The highest BCUT2D eigenvalue weighted by Crippen LogP contribution is 2.57. The van der Waals surface area contributed by atoms with Crippen LogP contribution in [0.25, 0.3) is 109 Å². The van der Waals surface area contributed by atoms with Gasteiger partial charge in [0.25, 0.3) is 0 Å². The zero-order valence-corrected chi connectivity index (χ0v) is 33.1. The molecule has 1 aliphatic carbocycles. The van der Waals surface area contributed by atoms with E-state index in [9.17, 15) is 0 Å². The Hall–Kier alpha value is -7.28. The zero-order chi connectivity index (χ0) is 39.2. The summed E-state index contributed by atoms with van der Waals surface area (Å²) in [4.78, 5) is 0. The van der Waals surface area contributed by atoms with Gasteiger partial charge in [-0.2, -0.15) is 0 Å². The average molecular weight is 749 g/mol. The van der Waals surface area contributed by atoms with E-state index in [0.29, 0.717) is 0 Å². The van der Waals surface area contributed by atoms with E-state index in [2.05, 4.69) is 220 Å². The fraction of sp³-hybridized carbons (Fsp3) is 0.0508. The molecule has 0 unspecified atom stereocenters. The summed E-state index contributed by atoms with van der Waals surface area (Å²) in [5, 5.41) is 12.9. The van der Waals surface area contributed by atoms with Crippen LogP contribution >= 0.6 is 0 Å². The molecular weight excluding hydrogens is 709 g/mol. The van der Waals surface area contributed by atoms with Gasteiger partial charge in [0.05, 0.1) is 0 Å². The van der Waals surface area contributed by atoms with Crippen molar-refractivity contribution in [2.24, 2.45) is 0 Å². The maximum atomic E-state index is 2.45. The highest BCUT2D eigenvalue weighted by atomic mass is 14.4. The molecule has 276 valence electrons. The Morgan fingerprint density at radius 2 is 0.712 bits per heavy atom. The molecule has 0 heteroatoms. The topological polar surface area (TPSA) is 0 Å². The lowest BCUT2D eigenvalue weighted by Crippen LogP contribution is -2.15. The number of hydrogen-bond acceptors (Lipinski definition) is 0. The van der Waals surface area contributed by atoms with Gasteiger partial charge in [-0.15, -0.1) is 0 Å². The maximum Gasteiger partial charge on any atom is 0.0165 e. The van der Waals surface area contributed by atoms with Gasteiger partial charge >= 0.3 is 0 Å². The standard InChI is InChI=1S/C59H40/c1-59(2)53-35-17-33-41(56(53)57-47-27-9-6-24-44(47)45-25-7-14-32-52(45)58(57)59)38-20-15-21-39(36-38)54-48-28-10-12-30-50(48)55(51-31-13-11-29-49(51)54)46-26-8-5-23-43(46)42-34-16-19-37-18-3-4-22-40(37)42/h3-36H,1-2H3. The predicted molar refractivity (Wildman–Crippen MR) is 253 cm³/mol. The van der Waals surface area contributed by atoms with Gasteiger partial charge in [-0.1, -0.05) is 214 Å². The molecule has 0 radical (unpaired) electrons. The second-order valence-corrected chi connectivity index (χ2v) is 16.7. The molecule has 0 nitrogen and oxygen atoms in total. The molecule has 0 saturated carbocycles. The third kappa shape index (κ3) is 4.90. The fourth-order valence-corrected chi connectivity index (χ4v) is 10.7. The SMILES string of the molecule is CC1(C)c2cccc(-c3cccc(-c4c5ccccc5c(-c5ccccc5-c5cccc6ccccc56)c5ccccc45)c3)c2-c2c1c1ccccc1c1ccccc21. The smallest absolute Gasteiger partial charge is 0.0165 e. The number of rotatable bonds is 4. The quantitative estimate of drug-likeness (QED) is 0.124. The normalized spacial score (nSPS) is 13.1. The van der Waals surface area contributed by atoms with Crippen LogP contribution in [-0.4, -0.2) is 0 Å². The van der Waals surface area contributed by atoms with Gasteiger partial charge in [0.15, 0.2) is 0 Å². The summed E-state index contributed by atoms with van der Waals surface area (Å²) >= 11 is 0. The zero-order valence-electron chi connectivity index (χ0n) is 33.1. The van der Waals surface area contributed by atoms with Crippen LogP contribution in [0.15, 0.2) is 206 Å². The van der Waals surface area contributed by atoms with E-state index in [4.69, 9.17) is 0 Å². The molecule has 0 heterocycles. The minimum Gasteiger partial charge on any atom is -0.0616 e. The van der Waals surface area contributed by atoms with Crippen molar-refractivity contribution >= 4 is 53.9 Å². The van der Waals surface area contributed by atoms with E-state index in [0.717, 1.165) is 0 Å². The molecule has 59 heavy (non-hydrogen) atoms. The number of benzene rings is 11. The van der Waals surface area contributed by atoms with Crippen LogP contribution in [0.5, 0.6) is 0 Å². The van der Waals surface area contributed by atoms with Crippen molar-refractivity contribution in [3.8, 4) is 55.6 Å². The molecular formula is C59H40. The monoisotopic (exact) mass is 748 g/mol. The number of fused-ring (bicyclic) bond motifs is 11. The van der Waals surface area contributed by atoms with Gasteiger partial charge in [-0.05, 0) is 127 Å². The molecule has 0 aliphatic heterocycles. The van der Waals surface area contributed by atoms with E-state index in [1.54, 1.807) is 0 Å². The molecule has 1 aliphatic rings. The Kier molecular flexibility index (Phi) is 7.38. The van der Waals surface area contributed by atoms with Gasteiger partial charge in [-0.25, -0.2) is 0 Å². The lowest BCUT2D eigenvalue weighted by atomic mass is 9.79. The molecule has 11 aromatic carbocycles. The van der Waals surface area contributed by atoms with Crippen molar-refractivity contribution in [2.45, 2.75) is 19.3 Å². The van der Waals surface area contributed by atoms with Gasteiger partial charge in [-0.3, -0.25) is 0 Å². The average Bonchev–Trinajstić information content (AvgIpc) is 3.55. The molecule has 11 aromatic rings. The summed E-state index contributed by atoms with van der Waals surface area (Å²) in [6.07, 6.45) is 0. The van der Waals surface area contributed by atoms with E-state index >= 15 is 0 Å². The Morgan fingerprint density at radius 1 is 0.271 bits per heavy atom. The molecule has 0 atom stereocenters. The lowest BCUT2D eigenvalue weighted by Gasteiger charge is -2.24. The molecule has 0 spiro atoms. The van der Waals surface area contributed by atoms with E-state index in [1.165, 1.54) is 121 Å². The number of hydrogen-bond donors (Lipinski definition) is 0. The maximum absolute atomic E-state index is 2.45. The van der Waals surface area contributed by atoms with Crippen LogP contribution in [0.3, 0.4) is 0 Å². The summed E-state index contributed by atoms with van der Waals surface area (Å²) in [7, 11) is 0. The minimum atomic E-state index is -0.160. The largest absolute Gasteiger partial charge is 0.0616 e. The first kappa shape index (κ1) is 33.8. The Balaban J connectivity index is 1.10. The molecule has 0 saturated heterocycles. The summed E-state index contributed by atoms with van der Waals surface area (Å²) < 4.78 is 0. The summed E-state index contributed by atoms with van der Waals surface area (Å²) in [5.41, 5.74) is 15.4. The highest BCUT2D eigenvalue weighted by Gasteiger charge is 2.39. The van der Waals surface area contributed by atoms with Crippen molar-refractivity contribution in [3.63, 3.8) is 0 Å². The van der Waals surface area contributed by atoms with Crippen molar-refractivity contribution < 1.29 is 0 Å². The molecule has 0 bridgehead atoms. The van der Waals surface area contributed by atoms with Gasteiger partial charge < -0.3 is 0 Å². The third-order valence-electron chi connectivity index (χ3n) is 13.2. The Bertz CT molecular complexity index is 3460. The van der Waals surface area contributed by atoms with E-state index in [-0.39, 0.29) is 5.41 Å².